The highest BCUT2D eigenvalue weighted by atomic mass is 19.1. The number of amides is 1. The van der Waals surface area contributed by atoms with Crippen LogP contribution in [0, 0.1) is 5.82 Å². The van der Waals surface area contributed by atoms with Gasteiger partial charge in [0.15, 0.2) is 5.65 Å². The van der Waals surface area contributed by atoms with Crippen molar-refractivity contribution in [3.8, 4) is 11.4 Å². The lowest BCUT2D eigenvalue weighted by Gasteiger charge is -2.11. The van der Waals surface area contributed by atoms with E-state index in [2.05, 4.69) is 10.3 Å². The molecule has 0 saturated heterocycles. The van der Waals surface area contributed by atoms with Gasteiger partial charge in [-0.2, -0.15) is 0 Å². The van der Waals surface area contributed by atoms with Crippen LogP contribution in [-0.4, -0.2) is 26.6 Å². The fourth-order valence-corrected chi connectivity index (χ4v) is 3.40. The lowest BCUT2D eigenvalue weighted by Crippen LogP contribution is -2.32. The Labute approximate surface area is 177 Å². The number of pyridine rings is 1. The SMILES string of the molecule is CCOc1ccccc1CNC(=O)Cn1c(=O)n(-c2ccc(F)cc2)c2ncccc21. The quantitative estimate of drug-likeness (QED) is 0.499. The van der Waals surface area contributed by atoms with E-state index in [4.69, 9.17) is 4.74 Å². The van der Waals surface area contributed by atoms with E-state index in [0.29, 0.717) is 29.2 Å². The van der Waals surface area contributed by atoms with E-state index in [1.165, 1.54) is 33.4 Å². The molecule has 4 aromatic rings. The van der Waals surface area contributed by atoms with E-state index in [1.807, 2.05) is 31.2 Å². The lowest BCUT2D eigenvalue weighted by molar-refractivity contribution is -0.121. The first-order valence-corrected chi connectivity index (χ1v) is 9.88. The van der Waals surface area contributed by atoms with Gasteiger partial charge in [0.1, 0.15) is 18.1 Å². The Morgan fingerprint density at radius 2 is 1.87 bits per heavy atom. The van der Waals surface area contributed by atoms with Crippen LogP contribution in [0.4, 0.5) is 4.39 Å². The maximum Gasteiger partial charge on any atom is 0.335 e. The van der Waals surface area contributed by atoms with Crippen molar-refractivity contribution in [1.29, 1.82) is 0 Å². The smallest absolute Gasteiger partial charge is 0.335 e. The summed E-state index contributed by atoms with van der Waals surface area (Å²) in [5, 5.41) is 2.84. The number of aromatic nitrogens is 3. The standard InChI is InChI=1S/C23H21FN4O3/c1-2-31-20-8-4-3-6-16(20)14-26-21(29)15-27-19-7-5-13-25-22(19)28(23(27)30)18-11-9-17(24)10-12-18/h3-13H,2,14-15H2,1H3,(H,26,29). The molecular weight excluding hydrogens is 399 g/mol. The third kappa shape index (κ3) is 4.18. The molecule has 0 spiro atoms. The topological polar surface area (TPSA) is 78.1 Å². The molecule has 7 nitrogen and oxygen atoms in total. The zero-order valence-electron chi connectivity index (χ0n) is 16.9. The van der Waals surface area contributed by atoms with Crippen molar-refractivity contribution in [3.63, 3.8) is 0 Å². The molecule has 0 saturated carbocycles. The number of halogens is 1. The largest absolute Gasteiger partial charge is 0.494 e. The van der Waals surface area contributed by atoms with Gasteiger partial charge in [-0.25, -0.2) is 18.7 Å². The number of imidazole rings is 1. The van der Waals surface area contributed by atoms with E-state index in [0.717, 1.165) is 5.56 Å². The molecule has 2 aromatic carbocycles. The van der Waals surface area contributed by atoms with Crippen LogP contribution in [0.5, 0.6) is 5.75 Å². The van der Waals surface area contributed by atoms with Gasteiger partial charge >= 0.3 is 5.69 Å². The van der Waals surface area contributed by atoms with Crippen LogP contribution in [0.3, 0.4) is 0 Å². The highest BCUT2D eigenvalue weighted by molar-refractivity contribution is 5.80. The van der Waals surface area contributed by atoms with Gasteiger partial charge in [-0.3, -0.25) is 9.36 Å². The predicted molar refractivity (Wildman–Crippen MR) is 115 cm³/mol. The van der Waals surface area contributed by atoms with E-state index in [1.54, 1.807) is 18.3 Å². The number of carbonyl (C=O) groups excluding carboxylic acids is 1. The summed E-state index contributed by atoms with van der Waals surface area (Å²) >= 11 is 0. The van der Waals surface area contributed by atoms with Crippen LogP contribution < -0.4 is 15.7 Å². The Morgan fingerprint density at radius 1 is 1.10 bits per heavy atom. The number of rotatable bonds is 7. The van der Waals surface area contributed by atoms with Gasteiger partial charge in [-0.1, -0.05) is 18.2 Å². The second kappa shape index (κ2) is 8.83. The van der Waals surface area contributed by atoms with Crippen molar-refractivity contribution in [2.75, 3.05) is 6.61 Å². The zero-order chi connectivity index (χ0) is 21.8. The molecule has 158 valence electrons. The van der Waals surface area contributed by atoms with Crippen LogP contribution in [-0.2, 0) is 17.9 Å². The maximum atomic E-state index is 13.3. The van der Waals surface area contributed by atoms with Crippen LogP contribution in [0.25, 0.3) is 16.9 Å². The van der Waals surface area contributed by atoms with E-state index in [-0.39, 0.29) is 19.0 Å². The van der Waals surface area contributed by atoms with Crippen molar-refractivity contribution < 1.29 is 13.9 Å². The number of nitrogens with zero attached hydrogens (tertiary/aromatic N) is 3. The minimum Gasteiger partial charge on any atom is -0.494 e. The summed E-state index contributed by atoms with van der Waals surface area (Å²) < 4.78 is 21.6. The van der Waals surface area contributed by atoms with Crippen molar-refractivity contribution >= 4 is 17.1 Å². The van der Waals surface area contributed by atoms with Crippen molar-refractivity contribution in [2.24, 2.45) is 0 Å². The summed E-state index contributed by atoms with van der Waals surface area (Å²) in [6, 6.07) is 16.4. The average Bonchev–Trinajstić information content (AvgIpc) is 3.05. The summed E-state index contributed by atoms with van der Waals surface area (Å²) in [4.78, 5) is 30.1. The van der Waals surface area contributed by atoms with Gasteiger partial charge in [0.25, 0.3) is 0 Å². The van der Waals surface area contributed by atoms with Crippen LogP contribution in [0.2, 0.25) is 0 Å². The molecule has 0 radical (unpaired) electrons. The summed E-state index contributed by atoms with van der Waals surface area (Å²) in [7, 11) is 0. The first-order valence-electron chi connectivity index (χ1n) is 9.88. The van der Waals surface area contributed by atoms with Gasteiger partial charge in [0.2, 0.25) is 5.91 Å². The average molecular weight is 420 g/mol. The highest BCUT2D eigenvalue weighted by Gasteiger charge is 2.18. The number of benzene rings is 2. The van der Waals surface area contributed by atoms with Gasteiger partial charge in [-0.05, 0) is 49.4 Å². The summed E-state index contributed by atoms with van der Waals surface area (Å²) in [6.07, 6.45) is 1.57. The van der Waals surface area contributed by atoms with Gasteiger partial charge in [0.05, 0.1) is 17.8 Å². The minimum absolute atomic E-state index is 0.175. The van der Waals surface area contributed by atoms with Gasteiger partial charge in [-0.15, -0.1) is 0 Å². The molecule has 8 heteroatoms. The zero-order valence-corrected chi connectivity index (χ0v) is 16.9. The first kappa shape index (κ1) is 20.3. The van der Waals surface area contributed by atoms with Crippen molar-refractivity contribution in [3.05, 3.63) is 88.7 Å². The molecule has 0 aliphatic rings. The summed E-state index contributed by atoms with van der Waals surface area (Å²) in [6.45, 7) is 2.52. The number of ether oxygens (including phenoxy) is 1. The number of nitrogens with one attached hydrogen (secondary N) is 1. The number of fused-ring (bicyclic) bond motifs is 1. The Kier molecular flexibility index (Phi) is 5.79. The molecule has 0 atom stereocenters. The number of hydrogen-bond acceptors (Lipinski definition) is 4. The first-order chi connectivity index (χ1) is 15.1. The molecule has 0 bridgehead atoms. The van der Waals surface area contributed by atoms with E-state index < -0.39 is 11.5 Å². The van der Waals surface area contributed by atoms with Gasteiger partial charge in [0, 0.05) is 18.3 Å². The summed E-state index contributed by atoms with van der Waals surface area (Å²) in [5.41, 5.74) is 1.81. The molecule has 0 aliphatic heterocycles. The Bertz CT molecular complexity index is 1280. The highest BCUT2D eigenvalue weighted by Crippen LogP contribution is 2.18. The second-order valence-corrected chi connectivity index (χ2v) is 6.84. The lowest BCUT2D eigenvalue weighted by atomic mass is 10.2. The Balaban J connectivity index is 1.60. The number of carbonyl (C=O) groups is 1. The Morgan fingerprint density at radius 3 is 2.65 bits per heavy atom. The molecule has 1 N–H and O–H groups in total. The summed E-state index contributed by atoms with van der Waals surface area (Å²) in [5.74, 6) is -0.0183. The molecule has 0 aliphatic carbocycles. The third-order valence-electron chi connectivity index (χ3n) is 4.83. The molecule has 2 aromatic heterocycles. The fourth-order valence-electron chi connectivity index (χ4n) is 3.40. The van der Waals surface area contributed by atoms with Crippen LogP contribution >= 0.6 is 0 Å². The van der Waals surface area contributed by atoms with Crippen LogP contribution in [0.1, 0.15) is 12.5 Å². The molecular formula is C23H21FN4O3. The monoisotopic (exact) mass is 420 g/mol. The predicted octanol–water partition coefficient (Wildman–Crippen LogP) is 3.04. The second-order valence-electron chi connectivity index (χ2n) is 6.84. The maximum absolute atomic E-state index is 13.3. The molecule has 1 amide bonds. The molecule has 31 heavy (non-hydrogen) atoms. The van der Waals surface area contributed by atoms with Gasteiger partial charge < -0.3 is 10.1 Å². The van der Waals surface area contributed by atoms with Crippen molar-refractivity contribution in [1.82, 2.24) is 19.4 Å². The number of hydrogen-bond donors (Lipinski definition) is 1. The van der Waals surface area contributed by atoms with E-state index >= 15 is 0 Å². The third-order valence-corrected chi connectivity index (χ3v) is 4.83. The molecule has 0 fully saturated rings. The molecule has 0 unspecified atom stereocenters. The molecule has 2 heterocycles. The number of para-hydroxylation sites is 1. The minimum atomic E-state index is -0.426. The normalized spacial score (nSPS) is 10.9. The van der Waals surface area contributed by atoms with Crippen molar-refractivity contribution in [2.45, 2.75) is 20.0 Å². The van der Waals surface area contributed by atoms with Crippen LogP contribution in [0.15, 0.2) is 71.7 Å². The molecule has 4 rings (SSSR count). The Hall–Kier alpha value is -3.94. The van der Waals surface area contributed by atoms with E-state index in [9.17, 15) is 14.0 Å². The fraction of sp³-hybridized carbons (Fsp3) is 0.174.